The first-order valence-corrected chi connectivity index (χ1v) is 7.66. The zero-order chi connectivity index (χ0) is 12.1. The van der Waals surface area contributed by atoms with Crippen LogP contribution < -0.4 is 5.32 Å². The highest BCUT2D eigenvalue weighted by Gasteiger charge is 2.42. The second-order valence-corrected chi connectivity index (χ2v) is 5.53. The SMILES string of the molecule is CCNC(c1ccsc1)C1(OCC)CCCC1. The van der Waals surface area contributed by atoms with Gasteiger partial charge in [0.15, 0.2) is 0 Å². The molecule has 1 saturated carbocycles. The summed E-state index contributed by atoms with van der Waals surface area (Å²) in [5.74, 6) is 0. The quantitative estimate of drug-likeness (QED) is 0.833. The molecule has 0 aromatic carbocycles. The molecule has 96 valence electrons. The monoisotopic (exact) mass is 253 g/mol. The molecule has 1 aromatic heterocycles. The van der Waals surface area contributed by atoms with E-state index in [1.165, 1.54) is 31.2 Å². The summed E-state index contributed by atoms with van der Waals surface area (Å²) in [6.45, 7) is 6.09. The average molecular weight is 253 g/mol. The predicted octanol–water partition coefficient (Wildman–Crippen LogP) is 3.75. The minimum absolute atomic E-state index is 0.0336. The fraction of sp³-hybridized carbons (Fsp3) is 0.714. The van der Waals surface area contributed by atoms with E-state index in [1.807, 2.05) is 0 Å². The van der Waals surface area contributed by atoms with E-state index in [-0.39, 0.29) is 5.60 Å². The Hall–Kier alpha value is -0.380. The molecule has 1 fully saturated rings. The molecule has 3 heteroatoms. The van der Waals surface area contributed by atoms with Gasteiger partial charge in [0.25, 0.3) is 0 Å². The largest absolute Gasteiger partial charge is 0.373 e. The van der Waals surface area contributed by atoms with E-state index in [2.05, 4.69) is 36.0 Å². The normalized spacial score (nSPS) is 20.6. The Morgan fingerprint density at radius 3 is 2.71 bits per heavy atom. The van der Waals surface area contributed by atoms with Crippen molar-refractivity contribution in [1.29, 1.82) is 0 Å². The molecule has 1 aliphatic rings. The smallest absolute Gasteiger partial charge is 0.0876 e. The lowest BCUT2D eigenvalue weighted by Gasteiger charge is -2.37. The van der Waals surface area contributed by atoms with Crippen molar-refractivity contribution in [2.24, 2.45) is 0 Å². The molecule has 1 aromatic rings. The van der Waals surface area contributed by atoms with E-state index in [0.29, 0.717) is 6.04 Å². The fourth-order valence-electron chi connectivity index (χ4n) is 3.03. The molecule has 1 heterocycles. The van der Waals surface area contributed by atoms with Crippen LogP contribution in [0, 0.1) is 0 Å². The van der Waals surface area contributed by atoms with Crippen molar-refractivity contribution in [3.63, 3.8) is 0 Å². The summed E-state index contributed by atoms with van der Waals surface area (Å²) in [7, 11) is 0. The van der Waals surface area contributed by atoms with Crippen LogP contribution in [0.2, 0.25) is 0 Å². The highest BCUT2D eigenvalue weighted by atomic mass is 32.1. The van der Waals surface area contributed by atoms with Gasteiger partial charge in [-0.2, -0.15) is 11.3 Å². The van der Waals surface area contributed by atoms with E-state index in [0.717, 1.165) is 13.2 Å². The van der Waals surface area contributed by atoms with E-state index in [1.54, 1.807) is 11.3 Å². The lowest BCUT2D eigenvalue weighted by molar-refractivity contribution is -0.0622. The van der Waals surface area contributed by atoms with E-state index < -0.39 is 0 Å². The minimum atomic E-state index is 0.0336. The van der Waals surface area contributed by atoms with Gasteiger partial charge in [0, 0.05) is 6.61 Å². The first kappa shape index (κ1) is 13.1. The van der Waals surface area contributed by atoms with Gasteiger partial charge in [0.2, 0.25) is 0 Å². The van der Waals surface area contributed by atoms with Gasteiger partial charge in [-0.3, -0.25) is 0 Å². The van der Waals surface area contributed by atoms with Crippen molar-refractivity contribution in [2.75, 3.05) is 13.2 Å². The van der Waals surface area contributed by atoms with Crippen molar-refractivity contribution < 1.29 is 4.74 Å². The molecule has 1 atom stereocenters. The molecule has 0 aliphatic heterocycles. The summed E-state index contributed by atoms with van der Waals surface area (Å²) in [6.07, 6.45) is 4.97. The number of ether oxygens (including phenoxy) is 1. The Labute approximate surface area is 108 Å². The summed E-state index contributed by atoms with van der Waals surface area (Å²) >= 11 is 1.77. The fourth-order valence-corrected chi connectivity index (χ4v) is 3.71. The number of hydrogen-bond acceptors (Lipinski definition) is 3. The van der Waals surface area contributed by atoms with Crippen LogP contribution in [0.3, 0.4) is 0 Å². The number of thiophene rings is 1. The van der Waals surface area contributed by atoms with Crippen molar-refractivity contribution in [3.05, 3.63) is 22.4 Å². The Balaban J connectivity index is 2.23. The van der Waals surface area contributed by atoms with Gasteiger partial charge in [-0.05, 0) is 48.7 Å². The molecular formula is C14H23NOS. The van der Waals surface area contributed by atoms with E-state index in [9.17, 15) is 0 Å². The minimum Gasteiger partial charge on any atom is -0.373 e. The van der Waals surface area contributed by atoms with Gasteiger partial charge in [-0.1, -0.05) is 19.8 Å². The zero-order valence-electron chi connectivity index (χ0n) is 10.9. The van der Waals surface area contributed by atoms with E-state index in [4.69, 9.17) is 4.74 Å². The highest BCUT2D eigenvalue weighted by Crippen LogP contribution is 2.43. The van der Waals surface area contributed by atoms with Crippen LogP contribution in [-0.4, -0.2) is 18.8 Å². The Bertz CT molecular complexity index is 317. The first-order chi connectivity index (χ1) is 8.32. The molecule has 2 rings (SSSR count). The summed E-state index contributed by atoms with van der Waals surface area (Å²) in [5.41, 5.74) is 1.43. The van der Waals surface area contributed by atoms with E-state index >= 15 is 0 Å². The summed E-state index contributed by atoms with van der Waals surface area (Å²) in [5, 5.41) is 8.05. The number of likely N-dealkylation sites (N-methyl/N-ethyl adjacent to an activating group) is 1. The number of rotatable bonds is 6. The van der Waals surface area contributed by atoms with Gasteiger partial charge in [0.05, 0.1) is 11.6 Å². The molecule has 1 unspecified atom stereocenters. The Morgan fingerprint density at radius 1 is 1.41 bits per heavy atom. The van der Waals surface area contributed by atoms with Crippen LogP contribution in [0.15, 0.2) is 16.8 Å². The molecule has 0 bridgehead atoms. The first-order valence-electron chi connectivity index (χ1n) is 6.72. The maximum Gasteiger partial charge on any atom is 0.0876 e. The van der Waals surface area contributed by atoms with Crippen LogP contribution in [0.4, 0.5) is 0 Å². The third-order valence-corrected chi connectivity index (χ3v) is 4.39. The van der Waals surface area contributed by atoms with Gasteiger partial charge in [-0.25, -0.2) is 0 Å². The molecule has 0 amide bonds. The molecule has 0 saturated heterocycles. The summed E-state index contributed by atoms with van der Waals surface area (Å²) in [6, 6.07) is 2.60. The third kappa shape index (κ3) is 2.72. The standard InChI is InChI=1S/C14H23NOS/c1-3-15-13(12-7-10-17-11-12)14(16-4-2)8-5-6-9-14/h7,10-11,13,15H,3-6,8-9H2,1-2H3. The van der Waals surface area contributed by atoms with Crippen LogP contribution in [0.1, 0.15) is 51.1 Å². The molecule has 2 nitrogen and oxygen atoms in total. The van der Waals surface area contributed by atoms with Crippen LogP contribution in [-0.2, 0) is 4.74 Å². The molecule has 17 heavy (non-hydrogen) atoms. The number of hydrogen-bond donors (Lipinski definition) is 1. The zero-order valence-corrected chi connectivity index (χ0v) is 11.7. The van der Waals surface area contributed by atoms with Crippen molar-refractivity contribution >= 4 is 11.3 Å². The summed E-state index contributed by atoms with van der Waals surface area (Å²) < 4.78 is 6.17. The topological polar surface area (TPSA) is 21.3 Å². The van der Waals surface area contributed by atoms with Crippen molar-refractivity contribution in [2.45, 2.75) is 51.2 Å². The Morgan fingerprint density at radius 2 is 2.18 bits per heavy atom. The number of nitrogens with one attached hydrogen (secondary N) is 1. The lowest BCUT2D eigenvalue weighted by atomic mass is 9.88. The maximum atomic E-state index is 6.17. The molecule has 0 spiro atoms. The van der Waals surface area contributed by atoms with Crippen LogP contribution >= 0.6 is 11.3 Å². The Kier molecular flexibility index (Phi) is 4.60. The van der Waals surface area contributed by atoms with Gasteiger partial charge in [-0.15, -0.1) is 0 Å². The van der Waals surface area contributed by atoms with Gasteiger partial charge >= 0.3 is 0 Å². The second-order valence-electron chi connectivity index (χ2n) is 4.75. The van der Waals surface area contributed by atoms with Gasteiger partial charge < -0.3 is 10.1 Å². The van der Waals surface area contributed by atoms with Gasteiger partial charge in [0.1, 0.15) is 0 Å². The molecule has 0 radical (unpaired) electrons. The second kappa shape index (κ2) is 5.98. The van der Waals surface area contributed by atoms with Crippen LogP contribution in [0.5, 0.6) is 0 Å². The third-order valence-electron chi connectivity index (χ3n) is 3.69. The van der Waals surface area contributed by atoms with Crippen LogP contribution in [0.25, 0.3) is 0 Å². The van der Waals surface area contributed by atoms with Crippen molar-refractivity contribution in [3.8, 4) is 0 Å². The summed E-state index contributed by atoms with van der Waals surface area (Å²) in [4.78, 5) is 0. The molecule has 1 aliphatic carbocycles. The maximum absolute atomic E-state index is 6.17. The highest BCUT2D eigenvalue weighted by molar-refractivity contribution is 7.07. The lowest BCUT2D eigenvalue weighted by Crippen LogP contribution is -2.44. The average Bonchev–Trinajstić information content (AvgIpc) is 2.98. The molecule has 1 N–H and O–H groups in total. The molecular weight excluding hydrogens is 230 g/mol. The predicted molar refractivity (Wildman–Crippen MR) is 73.6 cm³/mol. The van der Waals surface area contributed by atoms with Crippen molar-refractivity contribution in [1.82, 2.24) is 5.32 Å².